The number of hydrogen-bond acceptors (Lipinski definition) is 3. The van der Waals surface area contributed by atoms with Gasteiger partial charge in [-0.05, 0) is 50.1 Å². The van der Waals surface area contributed by atoms with Gasteiger partial charge in [0.05, 0.1) is 12.7 Å². The molecule has 0 saturated heterocycles. The SMILES string of the molecule is C=Cc1c(OC)cccc1-c1ccc(C(=O)OC(C)(C)C)cc1. The van der Waals surface area contributed by atoms with Crippen molar-refractivity contribution in [2.24, 2.45) is 0 Å². The molecule has 3 nitrogen and oxygen atoms in total. The van der Waals surface area contributed by atoms with Gasteiger partial charge in [0.2, 0.25) is 0 Å². The van der Waals surface area contributed by atoms with Crippen LogP contribution >= 0.6 is 0 Å². The summed E-state index contributed by atoms with van der Waals surface area (Å²) in [5.74, 6) is 0.451. The minimum absolute atomic E-state index is 0.321. The fourth-order valence-corrected chi connectivity index (χ4v) is 2.31. The summed E-state index contributed by atoms with van der Waals surface area (Å²) in [6.45, 7) is 9.42. The molecule has 0 aliphatic heterocycles. The van der Waals surface area contributed by atoms with Crippen LogP contribution in [0.1, 0.15) is 36.7 Å². The van der Waals surface area contributed by atoms with Crippen molar-refractivity contribution in [2.45, 2.75) is 26.4 Å². The Labute approximate surface area is 137 Å². The molecule has 0 aliphatic rings. The van der Waals surface area contributed by atoms with Crippen molar-refractivity contribution in [3.05, 3.63) is 60.2 Å². The number of ether oxygens (including phenoxy) is 2. The smallest absolute Gasteiger partial charge is 0.338 e. The van der Waals surface area contributed by atoms with Gasteiger partial charge >= 0.3 is 5.97 Å². The Morgan fingerprint density at radius 1 is 1.09 bits per heavy atom. The minimum Gasteiger partial charge on any atom is -0.496 e. The van der Waals surface area contributed by atoms with E-state index in [-0.39, 0.29) is 5.97 Å². The van der Waals surface area contributed by atoms with Gasteiger partial charge in [0.15, 0.2) is 0 Å². The second-order valence-corrected chi connectivity index (χ2v) is 6.20. The van der Waals surface area contributed by atoms with Crippen molar-refractivity contribution in [3.63, 3.8) is 0 Å². The molecule has 0 aromatic heterocycles. The van der Waals surface area contributed by atoms with E-state index in [0.717, 1.165) is 22.4 Å². The van der Waals surface area contributed by atoms with Gasteiger partial charge in [-0.25, -0.2) is 4.79 Å². The summed E-state index contributed by atoms with van der Waals surface area (Å²) in [6, 6.07) is 13.2. The van der Waals surface area contributed by atoms with E-state index in [9.17, 15) is 4.79 Å². The molecular formula is C20H22O3. The monoisotopic (exact) mass is 310 g/mol. The lowest BCUT2D eigenvalue weighted by atomic mass is 9.98. The highest BCUT2D eigenvalue weighted by molar-refractivity contribution is 5.90. The number of hydrogen-bond donors (Lipinski definition) is 0. The lowest BCUT2D eigenvalue weighted by Crippen LogP contribution is -2.23. The fourth-order valence-electron chi connectivity index (χ4n) is 2.31. The number of carbonyl (C=O) groups is 1. The van der Waals surface area contributed by atoms with E-state index in [4.69, 9.17) is 9.47 Å². The van der Waals surface area contributed by atoms with Crippen LogP contribution in [0.2, 0.25) is 0 Å². The van der Waals surface area contributed by atoms with Crippen LogP contribution in [0.4, 0.5) is 0 Å². The quantitative estimate of drug-likeness (QED) is 0.749. The molecule has 0 N–H and O–H groups in total. The Morgan fingerprint density at radius 2 is 1.74 bits per heavy atom. The van der Waals surface area contributed by atoms with E-state index < -0.39 is 5.60 Å². The third kappa shape index (κ3) is 4.01. The molecule has 0 aliphatic carbocycles. The molecule has 0 spiro atoms. The van der Waals surface area contributed by atoms with Gasteiger partial charge < -0.3 is 9.47 Å². The van der Waals surface area contributed by atoms with Crippen LogP contribution in [0.5, 0.6) is 5.75 Å². The molecule has 0 atom stereocenters. The average Bonchev–Trinajstić information content (AvgIpc) is 2.52. The topological polar surface area (TPSA) is 35.5 Å². The Bertz CT molecular complexity index is 707. The van der Waals surface area contributed by atoms with Gasteiger partial charge in [-0.2, -0.15) is 0 Å². The lowest BCUT2D eigenvalue weighted by molar-refractivity contribution is 0.00696. The first-order chi connectivity index (χ1) is 10.9. The average molecular weight is 310 g/mol. The molecule has 0 saturated carbocycles. The van der Waals surface area contributed by atoms with Gasteiger partial charge in [0, 0.05) is 5.56 Å². The Morgan fingerprint density at radius 3 is 2.26 bits per heavy atom. The summed E-state index contributed by atoms with van der Waals surface area (Å²) in [5.41, 5.74) is 2.96. The number of benzene rings is 2. The van der Waals surface area contributed by atoms with E-state index in [1.54, 1.807) is 25.3 Å². The van der Waals surface area contributed by atoms with Crippen LogP contribution in [-0.4, -0.2) is 18.7 Å². The highest BCUT2D eigenvalue weighted by Gasteiger charge is 2.18. The molecule has 3 heteroatoms. The number of rotatable bonds is 4. The summed E-state index contributed by atoms with van der Waals surface area (Å²) < 4.78 is 10.7. The van der Waals surface area contributed by atoms with Crippen LogP contribution in [0, 0.1) is 0 Å². The molecule has 0 fully saturated rings. The van der Waals surface area contributed by atoms with Crippen molar-refractivity contribution < 1.29 is 14.3 Å². The number of methoxy groups -OCH3 is 1. The Hall–Kier alpha value is -2.55. The molecule has 0 bridgehead atoms. The van der Waals surface area contributed by atoms with Crippen molar-refractivity contribution in [3.8, 4) is 16.9 Å². The third-order valence-electron chi connectivity index (χ3n) is 3.32. The zero-order chi connectivity index (χ0) is 17.0. The molecule has 2 aromatic rings. The highest BCUT2D eigenvalue weighted by atomic mass is 16.6. The number of esters is 1. The zero-order valence-corrected chi connectivity index (χ0v) is 14.1. The summed E-state index contributed by atoms with van der Waals surface area (Å²) in [6.07, 6.45) is 1.77. The first kappa shape index (κ1) is 16.8. The standard InChI is InChI=1S/C20H22O3/c1-6-16-17(8-7-9-18(16)22-5)14-10-12-15(13-11-14)19(21)23-20(2,3)4/h6-13H,1H2,2-5H3. The van der Waals surface area contributed by atoms with Crippen molar-refractivity contribution in [1.29, 1.82) is 0 Å². The van der Waals surface area contributed by atoms with Gasteiger partial charge in [0.1, 0.15) is 11.4 Å². The summed E-state index contributed by atoms with van der Waals surface area (Å²) in [4.78, 5) is 12.1. The van der Waals surface area contributed by atoms with E-state index in [1.807, 2.05) is 51.1 Å². The third-order valence-corrected chi connectivity index (χ3v) is 3.32. The van der Waals surface area contributed by atoms with Gasteiger partial charge in [-0.3, -0.25) is 0 Å². The van der Waals surface area contributed by atoms with Gasteiger partial charge in [0.25, 0.3) is 0 Å². The molecule has 120 valence electrons. The van der Waals surface area contributed by atoms with Crippen LogP contribution in [0.3, 0.4) is 0 Å². The Kier molecular flexibility index (Phi) is 4.89. The maximum atomic E-state index is 12.1. The van der Waals surface area contributed by atoms with Crippen molar-refractivity contribution >= 4 is 12.0 Å². The van der Waals surface area contributed by atoms with E-state index in [1.165, 1.54) is 0 Å². The minimum atomic E-state index is -0.501. The first-order valence-corrected chi connectivity index (χ1v) is 7.49. The van der Waals surface area contributed by atoms with Crippen LogP contribution in [-0.2, 0) is 4.74 Å². The molecule has 2 rings (SSSR count). The largest absolute Gasteiger partial charge is 0.496 e. The van der Waals surface area contributed by atoms with Gasteiger partial charge in [-0.1, -0.05) is 36.9 Å². The van der Waals surface area contributed by atoms with Crippen LogP contribution in [0.25, 0.3) is 17.2 Å². The second-order valence-electron chi connectivity index (χ2n) is 6.20. The molecular weight excluding hydrogens is 288 g/mol. The number of carbonyl (C=O) groups excluding carboxylic acids is 1. The fraction of sp³-hybridized carbons (Fsp3) is 0.250. The molecule has 0 radical (unpaired) electrons. The van der Waals surface area contributed by atoms with E-state index in [2.05, 4.69) is 6.58 Å². The normalized spacial score (nSPS) is 11.0. The maximum Gasteiger partial charge on any atom is 0.338 e. The Balaban J connectivity index is 2.34. The molecule has 0 heterocycles. The molecule has 2 aromatic carbocycles. The van der Waals surface area contributed by atoms with E-state index >= 15 is 0 Å². The summed E-state index contributed by atoms with van der Waals surface area (Å²) >= 11 is 0. The van der Waals surface area contributed by atoms with E-state index in [0.29, 0.717) is 5.56 Å². The zero-order valence-electron chi connectivity index (χ0n) is 14.1. The highest BCUT2D eigenvalue weighted by Crippen LogP contribution is 2.31. The predicted octanol–water partition coefficient (Wildman–Crippen LogP) is 4.96. The lowest BCUT2D eigenvalue weighted by Gasteiger charge is -2.19. The van der Waals surface area contributed by atoms with Gasteiger partial charge in [-0.15, -0.1) is 0 Å². The first-order valence-electron chi connectivity index (χ1n) is 7.49. The second kappa shape index (κ2) is 6.69. The predicted molar refractivity (Wildman–Crippen MR) is 93.7 cm³/mol. The van der Waals surface area contributed by atoms with Crippen molar-refractivity contribution in [1.82, 2.24) is 0 Å². The van der Waals surface area contributed by atoms with Crippen molar-refractivity contribution in [2.75, 3.05) is 7.11 Å². The summed E-state index contributed by atoms with van der Waals surface area (Å²) in [5, 5.41) is 0. The molecule has 0 amide bonds. The molecule has 0 unspecified atom stereocenters. The van der Waals surface area contributed by atoms with Crippen LogP contribution < -0.4 is 4.74 Å². The molecule has 23 heavy (non-hydrogen) atoms. The maximum absolute atomic E-state index is 12.1. The van der Waals surface area contributed by atoms with Crippen LogP contribution in [0.15, 0.2) is 49.0 Å². The summed E-state index contributed by atoms with van der Waals surface area (Å²) in [7, 11) is 1.64.